The lowest BCUT2D eigenvalue weighted by atomic mass is 10.1. The van der Waals surface area contributed by atoms with Crippen molar-refractivity contribution in [3.63, 3.8) is 0 Å². The van der Waals surface area contributed by atoms with Gasteiger partial charge >= 0.3 is 0 Å². The van der Waals surface area contributed by atoms with E-state index in [0.29, 0.717) is 5.56 Å². The van der Waals surface area contributed by atoms with Crippen LogP contribution in [0.3, 0.4) is 0 Å². The third-order valence-corrected chi connectivity index (χ3v) is 2.91. The quantitative estimate of drug-likeness (QED) is 0.624. The number of aromatic nitrogens is 2. The molecule has 2 aromatic rings. The van der Waals surface area contributed by atoms with Gasteiger partial charge in [0.25, 0.3) is 0 Å². The summed E-state index contributed by atoms with van der Waals surface area (Å²) in [7, 11) is 0. The Morgan fingerprint density at radius 3 is 2.67 bits per heavy atom. The Hall–Kier alpha value is -2.01. The monoisotopic (exact) mass is 247 g/mol. The van der Waals surface area contributed by atoms with Crippen molar-refractivity contribution in [3.05, 3.63) is 42.0 Å². The molecule has 1 aromatic carbocycles. The minimum atomic E-state index is -0.0998. The molecule has 0 spiro atoms. The second-order valence-electron chi connectivity index (χ2n) is 4.33. The van der Waals surface area contributed by atoms with Gasteiger partial charge in [-0.15, -0.1) is 0 Å². The van der Waals surface area contributed by atoms with Gasteiger partial charge in [0.2, 0.25) is 0 Å². The zero-order valence-corrected chi connectivity index (χ0v) is 10.4. The third-order valence-electron chi connectivity index (χ3n) is 2.91. The zero-order chi connectivity index (χ0) is 13.1. The molecule has 96 valence electrons. The third kappa shape index (κ3) is 2.62. The standard InChI is InChI=1S/C13H17N3O2/c1-8(11-7-10(17)3-4-12(11)18)16-9(2)13-14-5-6-15-13/h3-9,16-18H,1-2H3,(H,14,15). The number of hydrogen-bond acceptors (Lipinski definition) is 4. The number of benzene rings is 1. The maximum Gasteiger partial charge on any atom is 0.122 e. The van der Waals surface area contributed by atoms with Crippen LogP contribution in [0.1, 0.15) is 37.3 Å². The van der Waals surface area contributed by atoms with Crippen LogP contribution in [0.25, 0.3) is 0 Å². The van der Waals surface area contributed by atoms with E-state index >= 15 is 0 Å². The lowest BCUT2D eigenvalue weighted by Gasteiger charge is -2.20. The van der Waals surface area contributed by atoms with Crippen molar-refractivity contribution in [1.29, 1.82) is 0 Å². The summed E-state index contributed by atoms with van der Waals surface area (Å²) in [5, 5.41) is 22.5. The smallest absolute Gasteiger partial charge is 0.122 e. The molecule has 2 atom stereocenters. The Morgan fingerprint density at radius 2 is 2.00 bits per heavy atom. The first-order valence-electron chi connectivity index (χ1n) is 5.85. The van der Waals surface area contributed by atoms with E-state index in [1.807, 2.05) is 13.8 Å². The maximum atomic E-state index is 9.77. The molecule has 2 unspecified atom stereocenters. The first-order chi connectivity index (χ1) is 8.58. The Bertz CT molecular complexity index is 511. The van der Waals surface area contributed by atoms with Crippen molar-refractivity contribution < 1.29 is 10.2 Å². The number of imidazole rings is 1. The van der Waals surface area contributed by atoms with Gasteiger partial charge in [-0.3, -0.25) is 0 Å². The van der Waals surface area contributed by atoms with Gasteiger partial charge in [0.1, 0.15) is 17.3 Å². The fourth-order valence-corrected chi connectivity index (χ4v) is 1.95. The number of H-pyrrole nitrogens is 1. The van der Waals surface area contributed by atoms with Gasteiger partial charge in [0, 0.05) is 24.0 Å². The van der Waals surface area contributed by atoms with E-state index in [9.17, 15) is 10.2 Å². The summed E-state index contributed by atoms with van der Waals surface area (Å²) in [5.74, 6) is 1.14. The summed E-state index contributed by atoms with van der Waals surface area (Å²) in [5.41, 5.74) is 0.661. The molecule has 18 heavy (non-hydrogen) atoms. The lowest BCUT2D eigenvalue weighted by molar-refractivity contribution is 0.425. The summed E-state index contributed by atoms with van der Waals surface area (Å²) in [6.45, 7) is 3.91. The predicted molar refractivity (Wildman–Crippen MR) is 68.3 cm³/mol. The molecule has 0 amide bonds. The summed E-state index contributed by atoms with van der Waals surface area (Å²) in [6, 6.07) is 4.43. The van der Waals surface area contributed by atoms with Crippen molar-refractivity contribution in [3.8, 4) is 11.5 Å². The number of hydrogen-bond donors (Lipinski definition) is 4. The number of aromatic hydroxyl groups is 2. The topological polar surface area (TPSA) is 81.2 Å². The van der Waals surface area contributed by atoms with Crippen LogP contribution in [-0.4, -0.2) is 20.2 Å². The van der Waals surface area contributed by atoms with E-state index in [1.165, 1.54) is 12.1 Å². The highest BCUT2D eigenvalue weighted by atomic mass is 16.3. The molecule has 1 aromatic heterocycles. The van der Waals surface area contributed by atoms with Gasteiger partial charge < -0.3 is 20.5 Å². The summed E-state index contributed by atoms with van der Waals surface area (Å²) < 4.78 is 0. The number of rotatable bonds is 4. The average molecular weight is 247 g/mol. The zero-order valence-electron chi connectivity index (χ0n) is 10.4. The van der Waals surface area contributed by atoms with Crippen molar-refractivity contribution >= 4 is 0 Å². The molecule has 4 N–H and O–H groups in total. The first-order valence-corrected chi connectivity index (χ1v) is 5.85. The Balaban J connectivity index is 2.12. The van der Waals surface area contributed by atoms with Gasteiger partial charge in [-0.2, -0.15) is 0 Å². The molecule has 5 heteroatoms. The second-order valence-corrected chi connectivity index (χ2v) is 4.33. The van der Waals surface area contributed by atoms with E-state index in [0.717, 1.165) is 5.82 Å². The van der Waals surface area contributed by atoms with Crippen molar-refractivity contribution in [2.75, 3.05) is 0 Å². The number of phenols is 2. The molecule has 0 saturated carbocycles. The van der Waals surface area contributed by atoms with E-state index in [-0.39, 0.29) is 23.6 Å². The molecule has 0 radical (unpaired) electrons. The number of phenolic OH excluding ortho intramolecular Hbond substituents is 2. The van der Waals surface area contributed by atoms with E-state index in [2.05, 4.69) is 15.3 Å². The molecule has 0 bridgehead atoms. The van der Waals surface area contributed by atoms with Gasteiger partial charge in [0.15, 0.2) is 0 Å². The van der Waals surface area contributed by atoms with Crippen molar-refractivity contribution in [2.24, 2.45) is 0 Å². The fourth-order valence-electron chi connectivity index (χ4n) is 1.95. The average Bonchev–Trinajstić information content (AvgIpc) is 2.85. The molecule has 1 heterocycles. The molecule has 0 aliphatic heterocycles. The van der Waals surface area contributed by atoms with E-state index in [4.69, 9.17) is 0 Å². The molecule has 0 saturated heterocycles. The van der Waals surface area contributed by atoms with Gasteiger partial charge in [0.05, 0.1) is 6.04 Å². The Labute approximate surface area is 106 Å². The molecule has 0 fully saturated rings. The normalized spacial score (nSPS) is 14.3. The van der Waals surface area contributed by atoms with Crippen LogP contribution >= 0.6 is 0 Å². The maximum absolute atomic E-state index is 9.77. The SMILES string of the molecule is CC(NC(C)c1cc(O)ccc1O)c1ncc[nH]1. The second kappa shape index (κ2) is 5.10. The molecule has 0 aliphatic rings. The highest BCUT2D eigenvalue weighted by Crippen LogP contribution is 2.28. The number of nitrogens with zero attached hydrogens (tertiary/aromatic N) is 1. The first kappa shape index (κ1) is 12.4. The van der Waals surface area contributed by atoms with Crippen LogP contribution in [0.5, 0.6) is 11.5 Å². The minimum absolute atomic E-state index is 0.0248. The lowest BCUT2D eigenvalue weighted by Crippen LogP contribution is -2.23. The minimum Gasteiger partial charge on any atom is -0.508 e. The molecule has 5 nitrogen and oxygen atoms in total. The van der Waals surface area contributed by atoms with Gasteiger partial charge in [-0.25, -0.2) is 4.98 Å². The van der Waals surface area contributed by atoms with Gasteiger partial charge in [-0.05, 0) is 32.0 Å². The number of nitrogens with one attached hydrogen (secondary N) is 2. The van der Waals surface area contributed by atoms with Crippen LogP contribution in [0.2, 0.25) is 0 Å². The largest absolute Gasteiger partial charge is 0.508 e. The molecular formula is C13H17N3O2. The van der Waals surface area contributed by atoms with E-state index in [1.54, 1.807) is 18.5 Å². The highest BCUT2D eigenvalue weighted by Gasteiger charge is 2.15. The Morgan fingerprint density at radius 1 is 1.22 bits per heavy atom. The highest BCUT2D eigenvalue weighted by molar-refractivity contribution is 5.40. The van der Waals surface area contributed by atoms with Crippen molar-refractivity contribution in [2.45, 2.75) is 25.9 Å². The summed E-state index contributed by atoms with van der Waals surface area (Å²) in [6.07, 6.45) is 3.47. The Kier molecular flexibility index (Phi) is 3.53. The number of aromatic amines is 1. The predicted octanol–water partition coefficient (Wildman–Crippen LogP) is 2.23. The molecular weight excluding hydrogens is 230 g/mol. The summed E-state index contributed by atoms with van der Waals surface area (Å²) in [4.78, 5) is 7.21. The summed E-state index contributed by atoms with van der Waals surface area (Å²) >= 11 is 0. The van der Waals surface area contributed by atoms with Gasteiger partial charge in [-0.1, -0.05) is 0 Å². The fraction of sp³-hybridized carbons (Fsp3) is 0.308. The van der Waals surface area contributed by atoms with Crippen LogP contribution in [0.15, 0.2) is 30.6 Å². The van der Waals surface area contributed by atoms with Crippen LogP contribution in [0, 0.1) is 0 Å². The van der Waals surface area contributed by atoms with Crippen LogP contribution in [-0.2, 0) is 0 Å². The van der Waals surface area contributed by atoms with Crippen molar-refractivity contribution in [1.82, 2.24) is 15.3 Å². The molecule has 2 rings (SSSR count). The van der Waals surface area contributed by atoms with Crippen LogP contribution < -0.4 is 5.32 Å². The van der Waals surface area contributed by atoms with Crippen LogP contribution in [0.4, 0.5) is 0 Å². The van der Waals surface area contributed by atoms with E-state index < -0.39 is 0 Å². The molecule has 0 aliphatic carbocycles.